The van der Waals surface area contributed by atoms with Crippen LogP contribution in [0.1, 0.15) is 81.8 Å². The molecule has 3 amide bonds. The van der Waals surface area contributed by atoms with E-state index in [-0.39, 0.29) is 36.1 Å². The third-order valence-corrected chi connectivity index (χ3v) is 9.68. The zero-order valence-electron chi connectivity index (χ0n) is 21.5. The van der Waals surface area contributed by atoms with Crippen molar-refractivity contribution in [3.63, 3.8) is 0 Å². The predicted molar refractivity (Wildman–Crippen MR) is 138 cm³/mol. The minimum absolute atomic E-state index is 0.0105. The first kappa shape index (κ1) is 24.6. The van der Waals surface area contributed by atoms with E-state index >= 15 is 0 Å². The van der Waals surface area contributed by atoms with Gasteiger partial charge in [-0.25, -0.2) is 9.59 Å². The number of aliphatic carboxylic acids is 1. The van der Waals surface area contributed by atoms with Crippen molar-refractivity contribution in [2.45, 2.75) is 95.2 Å². The molecule has 4 bridgehead atoms. The lowest BCUT2D eigenvalue weighted by Gasteiger charge is -2.56. The highest BCUT2D eigenvalue weighted by molar-refractivity contribution is 5.90. The predicted octanol–water partition coefficient (Wildman–Crippen LogP) is 5.31. The van der Waals surface area contributed by atoms with E-state index in [4.69, 9.17) is 9.84 Å². The van der Waals surface area contributed by atoms with E-state index in [9.17, 15) is 14.4 Å². The van der Waals surface area contributed by atoms with Gasteiger partial charge in [0.2, 0.25) is 0 Å². The van der Waals surface area contributed by atoms with Crippen LogP contribution >= 0.6 is 0 Å². The minimum atomic E-state index is -0.756. The third kappa shape index (κ3) is 5.43. The van der Waals surface area contributed by atoms with Gasteiger partial charge in [-0.1, -0.05) is 6.07 Å². The SMILES string of the molecule is O=C(O)CC1CCC(OC(=O)N2CCc3cc(NC(=O)NC45CC6CC(CC(C6)C4)C5)ccc3C2)CC1. The fourth-order valence-corrected chi connectivity index (χ4v) is 8.37. The van der Waals surface area contributed by atoms with Crippen LogP contribution in [0.5, 0.6) is 0 Å². The maximum Gasteiger partial charge on any atom is 0.410 e. The first-order valence-corrected chi connectivity index (χ1v) is 14.2. The van der Waals surface area contributed by atoms with E-state index in [2.05, 4.69) is 10.6 Å². The van der Waals surface area contributed by atoms with Crippen LogP contribution in [0.2, 0.25) is 0 Å². The Labute approximate surface area is 218 Å². The quantitative estimate of drug-likeness (QED) is 0.499. The molecular weight excluding hydrogens is 470 g/mol. The number of rotatable bonds is 5. The van der Waals surface area contributed by atoms with Crippen molar-refractivity contribution in [2.75, 3.05) is 11.9 Å². The molecule has 0 unspecified atom stereocenters. The average Bonchev–Trinajstić information content (AvgIpc) is 2.83. The van der Waals surface area contributed by atoms with Gasteiger partial charge in [0.25, 0.3) is 0 Å². The van der Waals surface area contributed by atoms with Crippen LogP contribution in [0.4, 0.5) is 15.3 Å². The van der Waals surface area contributed by atoms with Crippen LogP contribution in [-0.4, -0.2) is 46.3 Å². The fourth-order valence-electron chi connectivity index (χ4n) is 8.37. The molecule has 1 aromatic rings. The second-order valence-electron chi connectivity index (χ2n) is 12.6. The highest BCUT2D eigenvalue weighted by Gasteiger charge is 2.51. The number of urea groups is 1. The van der Waals surface area contributed by atoms with Crippen LogP contribution in [0.25, 0.3) is 0 Å². The summed E-state index contributed by atoms with van der Waals surface area (Å²) >= 11 is 0. The number of carboxylic acid groups (broad SMARTS) is 1. The molecule has 8 heteroatoms. The number of hydrogen-bond donors (Lipinski definition) is 3. The lowest BCUT2D eigenvalue weighted by molar-refractivity contribution is -0.138. The molecule has 8 nitrogen and oxygen atoms in total. The Morgan fingerprint density at radius 3 is 2.30 bits per heavy atom. The van der Waals surface area contributed by atoms with Gasteiger partial charge in [-0.2, -0.15) is 0 Å². The first-order chi connectivity index (χ1) is 17.8. The molecule has 37 heavy (non-hydrogen) atoms. The molecule has 0 saturated heterocycles. The molecule has 1 aliphatic heterocycles. The average molecular weight is 510 g/mol. The molecule has 5 fully saturated rings. The molecular formula is C29H39N3O5. The van der Waals surface area contributed by atoms with Crippen molar-refractivity contribution in [1.29, 1.82) is 0 Å². The molecule has 200 valence electrons. The number of nitrogens with zero attached hydrogens (tertiary/aromatic N) is 1. The van der Waals surface area contributed by atoms with Gasteiger partial charge in [-0.15, -0.1) is 0 Å². The van der Waals surface area contributed by atoms with Crippen LogP contribution in [0.3, 0.4) is 0 Å². The maximum absolute atomic E-state index is 12.9. The number of fused-ring (bicyclic) bond motifs is 1. The van der Waals surface area contributed by atoms with E-state index in [0.29, 0.717) is 13.1 Å². The van der Waals surface area contributed by atoms with Crippen molar-refractivity contribution in [2.24, 2.45) is 23.7 Å². The van der Waals surface area contributed by atoms with Gasteiger partial charge < -0.3 is 25.4 Å². The summed E-state index contributed by atoms with van der Waals surface area (Å²) in [6.45, 7) is 1.09. The standard InChI is InChI=1S/C29H39N3O5/c33-26(34)12-18-1-5-25(6-2-18)37-28(36)32-8-7-22-13-24(4-3-23(22)17-32)30-27(35)31-29-14-19-9-20(15-29)11-21(10-19)16-29/h3-4,13,18-21,25H,1-2,5-12,14-17H2,(H,33,34)(H2,30,31,35). The van der Waals surface area contributed by atoms with E-state index in [1.165, 1.54) is 19.3 Å². The molecule has 0 aromatic heterocycles. The summed E-state index contributed by atoms with van der Waals surface area (Å²) in [5.74, 6) is 1.80. The molecule has 1 heterocycles. The lowest BCUT2D eigenvalue weighted by Crippen LogP contribution is -2.60. The Morgan fingerprint density at radius 1 is 0.973 bits per heavy atom. The molecule has 6 aliphatic rings. The van der Waals surface area contributed by atoms with Crippen LogP contribution < -0.4 is 10.6 Å². The fraction of sp³-hybridized carbons (Fsp3) is 0.690. The smallest absolute Gasteiger partial charge is 0.410 e. The zero-order chi connectivity index (χ0) is 25.6. The van der Waals surface area contributed by atoms with Crippen molar-refractivity contribution in [3.05, 3.63) is 29.3 Å². The molecule has 0 spiro atoms. The molecule has 5 aliphatic carbocycles. The number of hydrogen-bond acceptors (Lipinski definition) is 4. The molecule has 0 radical (unpaired) electrons. The summed E-state index contributed by atoms with van der Waals surface area (Å²) in [6.07, 6.45) is 11.0. The molecule has 5 saturated carbocycles. The monoisotopic (exact) mass is 509 g/mol. The van der Waals surface area contributed by atoms with Crippen molar-refractivity contribution < 1.29 is 24.2 Å². The van der Waals surface area contributed by atoms with E-state index in [1.54, 1.807) is 4.90 Å². The number of carboxylic acids is 1. The minimum Gasteiger partial charge on any atom is -0.481 e. The number of carbonyl (C=O) groups is 3. The maximum atomic E-state index is 12.9. The Balaban J connectivity index is 0.998. The lowest BCUT2D eigenvalue weighted by atomic mass is 9.53. The Hall–Kier alpha value is -2.77. The van der Waals surface area contributed by atoms with Crippen LogP contribution in [0, 0.1) is 23.7 Å². The van der Waals surface area contributed by atoms with E-state index < -0.39 is 5.97 Å². The summed E-state index contributed by atoms with van der Waals surface area (Å²) in [5.41, 5.74) is 3.03. The number of carbonyl (C=O) groups excluding carboxylic acids is 2. The molecule has 7 rings (SSSR count). The number of ether oxygens (including phenoxy) is 1. The summed E-state index contributed by atoms with van der Waals surface area (Å²) in [4.78, 5) is 38.4. The Morgan fingerprint density at radius 2 is 1.65 bits per heavy atom. The van der Waals surface area contributed by atoms with Gasteiger partial charge >= 0.3 is 18.1 Å². The highest BCUT2D eigenvalue weighted by Crippen LogP contribution is 2.55. The van der Waals surface area contributed by atoms with Gasteiger partial charge in [0.1, 0.15) is 6.10 Å². The summed E-state index contributed by atoms with van der Waals surface area (Å²) in [6, 6.07) is 5.88. The summed E-state index contributed by atoms with van der Waals surface area (Å²) in [5, 5.41) is 15.4. The van der Waals surface area contributed by atoms with Crippen LogP contribution in [-0.2, 0) is 22.5 Å². The number of anilines is 1. The van der Waals surface area contributed by atoms with Gasteiger partial charge in [0.05, 0.1) is 0 Å². The first-order valence-electron chi connectivity index (χ1n) is 14.2. The van der Waals surface area contributed by atoms with E-state index in [1.807, 2.05) is 18.2 Å². The van der Waals surface area contributed by atoms with Gasteiger partial charge in [-0.3, -0.25) is 4.79 Å². The summed E-state index contributed by atoms with van der Waals surface area (Å²) in [7, 11) is 0. The normalized spacial score (nSPS) is 33.9. The Kier molecular flexibility index (Phi) is 6.53. The highest BCUT2D eigenvalue weighted by atomic mass is 16.6. The second kappa shape index (κ2) is 9.84. The second-order valence-corrected chi connectivity index (χ2v) is 12.6. The van der Waals surface area contributed by atoms with Crippen molar-refractivity contribution >= 4 is 23.8 Å². The topological polar surface area (TPSA) is 108 Å². The molecule has 1 aromatic carbocycles. The largest absolute Gasteiger partial charge is 0.481 e. The van der Waals surface area contributed by atoms with Gasteiger partial charge in [0, 0.05) is 30.7 Å². The van der Waals surface area contributed by atoms with Crippen molar-refractivity contribution in [1.82, 2.24) is 10.2 Å². The molecule has 0 atom stereocenters. The molecule has 3 N–H and O–H groups in total. The third-order valence-electron chi connectivity index (χ3n) is 9.68. The zero-order valence-corrected chi connectivity index (χ0v) is 21.5. The van der Waals surface area contributed by atoms with E-state index in [0.717, 1.165) is 85.9 Å². The summed E-state index contributed by atoms with van der Waals surface area (Å²) < 4.78 is 5.76. The Bertz CT molecular complexity index is 1030. The van der Waals surface area contributed by atoms with Crippen LogP contribution in [0.15, 0.2) is 18.2 Å². The number of amides is 3. The number of benzene rings is 1. The van der Waals surface area contributed by atoms with Gasteiger partial charge in [-0.05, 0) is 118 Å². The van der Waals surface area contributed by atoms with Gasteiger partial charge in [0.15, 0.2) is 0 Å². The number of nitrogens with one attached hydrogen (secondary N) is 2. The van der Waals surface area contributed by atoms with Crippen molar-refractivity contribution in [3.8, 4) is 0 Å².